The molecule has 0 atom stereocenters. The smallest absolute Gasteiger partial charge is 0.497 e. The van der Waals surface area contributed by atoms with Gasteiger partial charge in [0.2, 0.25) is 0 Å². The van der Waals surface area contributed by atoms with Crippen LogP contribution in [0.1, 0.15) is 11.1 Å². The molecule has 82 valence electrons. The molecule has 0 bridgehead atoms. The van der Waals surface area contributed by atoms with E-state index in [1.54, 1.807) is 25.1 Å². The molecule has 0 amide bonds. The van der Waals surface area contributed by atoms with E-state index in [4.69, 9.17) is 4.74 Å². The Morgan fingerprint density at radius 1 is 1.25 bits per heavy atom. The second-order valence-electron chi connectivity index (χ2n) is 3.21. The Labute approximate surface area is 136 Å². The molecule has 0 N–H and O–H groups in total. The molecular weight excluding hydrogens is 243 g/mol. The topological polar surface area (TPSA) is 9.23 Å². The molecular formula is C10H11BF3KO. The van der Waals surface area contributed by atoms with Crippen LogP contribution < -0.4 is 56.1 Å². The Balaban J connectivity index is 0.00000225. The molecule has 0 unspecified atom stereocenters. The first-order chi connectivity index (χ1) is 6.92. The molecule has 0 saturated heterocycles. The van der Waals surface area contributed by atoms with Crippen molar-refractivity contribution in [3.8, 4) is 5.75 Å². The van der Waals surface area contributed by atoms with E-state index >= 15 is 0 Å². The molecule has 1 rings (SSSR count). The summed E-state index contributed by atoms with van der Waals surface area (Å²) in [7, 11) is 1.48. The maximum absolute atomic E-state index is 12.0. The van der Waals surface area contributed by atoms with Crippen LogP contribution in [0.4, 0.5) is 12.9 Å². The number of benzene rings is 1. The van der Waals surface area contributed by atoms with Crippen LogP contribution in [0.5, 0.6) is 5.75 Å². The molecule has 0 saturated carbocycles. The number of aryl methyl sites for hydroxylation is 1. The summed E-state index contributed by atoms with van der Waals surface area (Å²) in [5.74, 6) is 0.830. The maximum atomic E-state index is 12.0. The first kappa shape index (κ1) is 16.3. The average Bonchev–Trinajstić information content (AvgIpc) is 2.15. The van der Waals surface area contributed by atoms with E-state index in [0.717, 1.165) is 11.6 Å². The van der Waals surface area contributed by atoms with Gasteiger partial charge in [0.25, 0.3) is 0 Å². The van der Waals surface area contributed by atoms with Gasteiger partial charge in [0.1, 0.15) is 5.75 Å². The standard InChI is InChI=1S/C10H11BF3O.K/c1-8-3-4-10(15-2)7-9(8)5-6-11(12,13)14;/h3-7H,1-2H3;/q-1;+1/b6-5+;. The molecule has 1 aromatic rings. The van der Waals surface area contributed by atoms with Crippen LogP contribution in [0.3, 0.4) is 0 Å². The monoisotopic (exact) mass is 254 g/mol. The van der Waals surface area contributed by atoms with Gasteiger partial charge in [-0.3, -0.25) is 0 Å². The third-order valence-electron chi connectivity index (χ3n) is 1.98. The quantitative estimate of drug-likeness (QED) is 0.710. The molecule has 0 heterocycles. The number of hydrogen-bond donors (Lipinski definition) is 0. The van der Waals surface area contributed by atoms with Crippen LogP contribution in [0.25, 0.3) is 6.08 Å². The van der Waals surface area contributed by atoms with Crippen LogP contribution >= 0.6 is 0 Å². The van der Waals surface area contributed by atoms with E-state index in [-0.39, 0.29) is 57.4 Å². The van der Waals surface area contributed by atoms with Crippen LogP contribution in [0, 0.1) is 6.92 Å². The van der Waals surface area contributed by atoms with Crippen molar-refractivity contribution in [2.45, 2.75) is 6.92 Å². The van der Waals surface area contributed by atoms with Gasteiger partial charge in [-0.2, -0.15) is 0 Å². The summed E-state index contributed by atoms with van der Waals surface area (Å²) >= 11 is 0. The van der Waals surface area contributed by atoms with E-state index in [2.05, 4.69) is 0 Å². The van der Waals surface area contributed by atoms with Crippen LogP contribution in [-0.2, 0) is 0 Å². The Kier molecular flexibility index (Phi) is 6.97. The van der Waals surface area contributed by atoms with Crippen molar-refractivity contribution >= 4 is 13.1 Å². The van der Waals surface area contributed by atoms with Crippen molar-refractivity contribution in [1.29, 1.82) is 0 Å². The summed E-state index contributed by atoms with van der Waals surface area (Å²) < 4.78 is 40.9. The Hall–Kier alpha value is 0.251. The Bertz CT molecular complexity index is 377. The van der Waals surface area contributed by atoms with Gasteiger partial charge in [-0.15, -0.1) is 5.98 Å². The maximum Gasteiger partial charge on any atom is 1.00 e. The minimum atomic E-state index is -4.88. The number of hydrogen-bond acceptors (Lipinski definition) is 1. The van der Waals surface area contributed by atoms with Gasteiger partial charge >= 0.3 is 58.4 Å². The summed E-state index contributed by atoms with van der Waals surface area (Å²) in [6.45, 7) is -3.13. The van der Waals surface area contributed by atoms with Gasteiger partial charge in [0, 0.05) is 0 Å². The summed E-state index contributed by atoms with van der Waals surface area (Å²) in [5.41, 5.74) is 1.31. The van der Waals surface area contributed by atoms with E-state index in [9.17, 15) is 12.9 Å². The SMILES string of the molecule is COc1ccc(C)c(/C=C/[B-](F)(F)F)c1.[K+]. The Morgan fingerprint density at radius 3 is 2.38 bits per heavy atom. The minimum absolute atomic E-state index is 0. The largest absolute Gasteiger partial charge is 1.00 e. The fourth-order valence-corrected chi connectivity index (χ4v) is 1.14. The molecule has 0 fully saturated rings. The molecule has 0 radical (unpaired) electrons. The molecule has 1 nitrogen and oxygen atoms in total. The number of halogens is 3. The summed E-state index contributed by atoms with van der Waals surface area (Å²) in [5, 5.41) is 0. The van der Waals surface area contributed by atoms with Gasteiger partial charge < -0.3 is 17.7 Å². The van der Waals surface area contributed by atoms with Crippen LogP contribution in [0.15, 0.2) is 24.2 Å². The second kappa shape index (κ2) is 6.86. The molecule has 0 spiro atoms. The van der Waals surface area contributed by atoms with Gasteiger partial charge in [0.15, 0.2) is 0 Å². The first-order valence-corrected chi connectivity index (χ1v) is 4.46. The van der Waals surface area contributed by atoms with Gasteiger partial charge in [0.05, 0.1) is 7.11 Å². The van der Waals surface area contributed by atoms with Gasteiger partial charge in [-0.1, -0.05) is 12.1 Å². The molecule has 6 heteroatoms. The molecule has 0 aliphatic rings. The molecule has 0 aliphatic carbocycles. The van der Waals surface area contributed by atoms with E-state index in [0.29, 0.717) is 11.3 Å². The average molecular weight is 254 g/mol. The van der Waals surface area contributed by atoms with E-state index < -0.39 is 6.98 Å². The zero-order chi connectivity index (χ0) is 11.5. The fourth-order valence-electron chi connectivity index (χ4n) is 1.14. The van der Waals surface area contributed by atoms with Crippen molar-refractivity contribution in [3.63, 3.8) is 0 Å². The Morgan fingerprint density at radius 2 is 1.88 bits per heavy atom. The summed E-state index contributed by atoms with van der Waals surface area (Å²) in [6, 6.07) is 5.01. The summed E-state index contributed by atoms with van der Waals surface area (Å²) in [6.07, 6.45) is 1.07. The summed E-state index contributed by atoms with van der Waals surface area (Å²) in [4.78, 5) is 0. The predicted molar refractivity (Wildman–Crippen MR) is 55.8 cm³/mol. The molecule has 1 aromatic carbocycles. The van der Waals surface area contributed by atoms with Crippen molar-refractivity contribution < 1.29 is 69.1 Å². The molecule has 16 heavy (non-hydrogen) atoms. The molecule has 0 aromatic heterocycles. The fraction of sp³-hybridized carbons (Fsp3) is 0.200. The van der Waals surface area contributed by atoms with Crippen LogP contribution in [-0.4, -0.2) is 14.1 Å². The number of ether oxygens (including phenoxy) is 1. The van der Waals surface area contributed by atoms with Gasteiger partial charge in [-0.05, 0) is 30.2 Å². The third-order valence-corrected chi connectivity index (χ3v) is 1.98. The zero-order valence-electron chi connectivity index (χ0n) is 9.51. The number of methoxy groups -OCH3 is 1. The molecule has 0 aliphatic heterocycles. The first-order valence-electron chi connectivity index (χ1n) is 4.46. The van der Waals surface area contributed by atoms with Crippen molar-refractivity contribution in [2.75, 3.05) is 7.11 Å². The van der Waals surface area contributed by atoms with Gasteiger partial charge in [-0.25, -0.2) is 0 Å². The third kappa shape index (κ3) is 5.54. The van der Waals surface area contributed by atoms with Crippen molar-refractivity contribution in [2.24, 2.45) is 0 Å². The van der Waals surface area contributed by atoms with Crippen molar-refractivity contribution in [1.82, 2.24) is 0 Å². The second-order valence-corrected chi connectivity index (χ2v) is 3.21. The van der Waals surface area contributed by atoms with Crippen molar-refractivity contribution in [3.05, 3.63) is 35.3 Å². The minimum Gasteiger partial charge on any atom is -0.497 e. The van der Waals surface area contributed by atoms with E-state index in [1.807, 2.05) is 0 Å². The van der Waals surface area contributed by atoms with Crippen LogP contribution in [0.2, 0.25) is 0 Å². The normalized spacial score (nSPS) is 11.3. The van der Waals surface area contributed by atoms with E-state index in [1.165, 1.54) is 7.11 Å². The predicted octanol–water partition coefficient (Wildman–Crippen LogP) is 0.407. The zero-order valence-corrected chi connectivity index (χ0v) is 12.6. The number of rotatable bonds is 3.